The fourth-order valence-corrected chi connectivity index (χ4v) is 2.65. The quantitative estimate of drug-likeness (QED) is 0.888. The maximum Gasteiger partial charge on any atom is 0.353 e. The molecule has 1 aliphatic rings. The average Bonchev–Trinajstić information content (AvgIpc) is 2.96. The van der Waals surface area contributed by atoms with Gasteiger partial charge in [-0.2, -0.15) is 0 Å². The number of amides is 1. The average molecular weight is 303 g/mol. The molecular formula is C11H11ClN2O4S. The van der Waals surface area contributed by atoms with Crippen LogP contribution in [0.1, 0.15) is 24.3 Å². The maximum atomic E-state index is 11.9. The summed E-state index contributed by atoms with van der Waals surface area (Å²) in [6.45, 7) is 1.81. The van der Waals surface area contributed by atoms with E-state index in [-0.39, 0.29) is 18.2 Å². The molecule has 8 heteroatoms. The molecule has 0 aliphatic carbocycles. The first kappa shape index (κ1) is 13.8. The lowest BCUT2D eigenvalue weighted by Gasteiger charge is -2.14. The smallest absolute Gasteiger partial charge is 0.353 e. The van der Waals surface area contributed by atoms with Crippen LogP contribution < -0.4 is 5.32 Å². The van der Waals surface area contributed by atoms with Crippen LogP contribution in [0.5, 0.6) is 0 Å². The number of hydrogen-bond acceptors (Lipinski definition) is 5. The molecule has 19 heavy (non-hydrogen) atoms. The van der Waals surface area contributed by atoms with E-state index in [2.05, 4.69) is 10.5 Å². The Balaban J connectivity index is 1.90. The molecule has 2 heterocycles. The first-order chi connectivity index (χ1) is 8.97. The third kappa shape index (κ3) is 3.24. The molecule has 0 saturated heterocycles. The molecule has 0 fully saturated rings. The number of aliphatic carboxylic acids is 1. The van der Waals surface area contributed by atoms with E-state index in [0.717, 1.165) is 4.88 Å². The van der Waals surface area contributed by atoms with Gasteiger partial charge in [-0.3, -0.25) is 4.79 Å². The summed E-state index contributed by atoms with van der Waals surface area (Å²) < 4.78 is 0.643. The third-order valence-corrected chi connectivity index (χ3v) is 4.00. The number of halogens is 1. The Labute approximate surface area is 118 Å². The number of nitrogens with zero attached hydrogens (tertiary/aromatic N) is 1. The molecule has 0 aromatic carbocycles. The summed E-state index contributed by atoms with van der Waals surface area (Å²) in [7, 11) is 0. The van der Waals surface area contributed by atoms with Gasteiger partial charge >= 0.3 is 5.97 Å². The van der Waals surface area contributed by atoms with E-state index >= 15 is 0 Å². The summed E-state index contributed by atoms with van der Waals surface area (Å²) in [5.41, 5.74) is -0.146. The van der Waals surface area contributed by atoms with Crippen LogP contribution in [0.3, 0.4) is 0 Å². The van der Waals surface area contributed by atoms with Crippen LogP contribution in [-0.4, -0.2) is 28.8 Å². The van der Waals surface area contributed by atoms with Gasteiger partial charge in [0.1, 0.15) is 0 Å². The Hall–Kier alpha value is -1.60. The number of carboxylic acid groups (broad SMARTS) is 1. The molecule has 1 amide bonds. The highest BCUT2D eigenvalue weighted by atomic mass is 35.5. The first-order valence-corrected chi connectivity index (χ1v) is 6.68. The largest absolute Gasteiger partial charge is 0.477 e. The Morgan fingerprint density at radius 1 is 1.63 bits per heavy atom. The zero-order chi connectivity index (χ0) is 14.0. The predicted octanol–water partition coefficient (Wildman–Crippen LogP) is 1.81. The van der Waals surface area contributed by atoms with E-state index in [4.69, 9.17) is 21.5 Å². The maximum absolute atomic E-state index is 11.9. The van der Waals surface area contributed by atoms with Gasteiger partial charge in [0, 0.05) is 11.3 Å². The lowest BCUT2D eigenvalue weighted by atomic mass is 10.1. The lowest BCUT2D eigenvalue weighted by Crippen LogP contribution is -2.36. The van der Waals surface area contributed by atoms with Crippen molar-refractivity contribution in [1.82, 2.24) is 5.32 Å². The Morgan fingerprint density at radius 2 is 2.37 bits per heavy atom. The van der Waals surface area contributed by atoms with E-state index in [1.54, 1.807) is 6.07 Å². The van der Waals surface area contributed by atoms with E-state index in [9.17, 15) is 9.59 Å². The van der Waals surface area contributed by atoms with Crippen LogP contribution in [0, 0.1) is 0 Å². The second-order valence-electron chi connectivity index (χ2n) is 4.01. The van der Waals surface area contributed by atoms with Crippen molar-refractivity contribution in [3.05, 3.63) is 21.3 Å². The predicted molar refractivity (Wildman–Crippen MR) is 70.4 cm³/mol. The molecule has 0 saturated carbocycles. The minimum atomic E-state index is -1.17. The SMILES string of the molecule is CC(NC(=O)C1CC(C(=O)O)=NO1)c1ccc(Cl)s1. The molecule has 2 unspecified atom stereocenters. The Bertz CT molecular complexity index is 543. The molecule has 2 atom stereocenters. The van der Waals surface area contributed by atoms with Gasteiger partial charge in [0.05, 0.1) is 10.4 Å². The van der Waals surface area contributed by atoms with Crippen molar-refractivity contribution in [1.29, 1.82) is 0 Å². The summed E-state index contributed by atoms with van der Waals surface area (Å²) in [5.74, 6) is -1.56. The fraction of sp³-hybridized carbons (Fsp3) is 0.364. The number of nitrogens with one attached hydrogen (secondary N) is 1. The minimum Gasteiger partial charge on any atom is -0.477 e. The normalized spacial score (nSPS) is 19.5. The summed E-state index contributed by atoms with van der Waals surface area (Å²) in [5, 5.41) is 14.8. The van der Waals surface area contributed by atoms with Crippen LogP contribution in [0.2, 0.25) is 4.34 Å². The molecule has 0 radical (unpaired) electrons. The monoisotopic (exact) mass is 302 g/mol. The van der Waals surface area contributed by atoms with E-state index in [1.807, 2.05) is 13.0 Å². The van der Waals surface area contributed by atoms with Crippen LogP contribution in [0.15, 0.2) is 17.3 Å². The van der Waals surface area contributed by atoms with Gasteiger partial charge in [-0.25, -0.2) is 4.79 Å². The number of carbonyl (C=O) groups is 2. The molecule has 6 nitrogen and oxygen atoms in total. The zero-order valence-electron chi connectivity index (χ0n) is 9.92. The highest BCUT2D eigenvalue weighted by Gasteiger charge is 2.32. The van der Waals surface area contributed by atoms with Gasteiger partial charge in [-0.1, -0.05) is 16.8 Å². The number of rotatable bonds is 4. The molecule has 0 spiro atoms. The summed E-state index contributed by atoms with van der Waals surface area (Å²) in [4.78, 5) is 28.2. The van der Waals surface area contributed by atoms with Gasteiger partial charge in [0.25, 0.3) is 5.91 Å². The van der Waals surface area contributed by atoms with Crippen molar-refractivity contribution in [2.24, 2.45) is 5.16 Å². The van der Waals surface area contributed by atoms with Crippen molar-refractivity contribution < 1.29 is 19.5 Å². The standard InChI is InChI=1S/C11H11ClN2O4S/c1-5(8-2-3-9(12)19-8)13-10(15)7-4-6(11(16)17)14-18-7/h2-3,5,7H,4H2,1H3,(H,13,15)(H,16,17). The van der Waals surface area contributed by atoms with Crippen molar-refractivity contribution in [3.8, 4) is 0 Å². The van der Waals surface area contributed by atoms with E-state index < -0.39 is 18.0 Å². The molecule has 102 valence electrons. The first-order valence-electron chi connectivity index (χ1n) is 5.49. The van der Waals surface area contributed by atoms with Gasteiger partial charge in [0.2, 0.25) is 6.10 Å². The number of carbonyl (C=O) groups excluding carboxylic acids is 1. The Kier molecular flexibility index (Phi) is 4.06. The highest BCUT2D eigenvalue weighted by Crippen LogP contribution is 2.26. The molecule has 1 aliphatic heterocycles. The second-order valence-corrected chi connectivity index (χ2v) is 5.76. The van der Waals surface area contributed by atoms with Gasteiger partial charge in [0.15, 0.2) is 5.71 Å². The van der Waals surface area contributed by atoms with Crippen LogP contribution in [-0.2, 0) is 14.4 Å². The molecule has 0 bridgehead atoms. The zero-order valence-corrected chi connectivity index (χ0v) is 11.5. The molecule has 1 aromatic heterocycles. The van der Waals surface area contributed by atoms with Crippen LogP contribution >= 0.6 is 22.9 Å². The minimum absolute atomic E-state index is 0.0287. The van der Waals surface area contributed by atoms with E-state index in [0.29, 0.717) is 4.34 Å². The molecule has 1 aromatic rings. The summed E-state index contributed by atoms with van der Waals surface area (Å²) >= 11 is 7.19. The topological polar surface area (TPSA) is 88.0 Å². The molecule has 2 N–H and O–H groups in total. The highest BCUT2D eigenvalue weighted by molar-refractivity contribution is 7.16. The van der Waals surface area contributed by atoms with E-state index in [1.165, 1.54) is 11.3 Å². The number of oxime groups is 1. The van der Waals surface area contributed by atoms with Gasteiger partial charge < -0.3 is 15.3 Å². The second kappa shape index (κ2) is 5.58. The number of hydrogen-bond donors (Lipinski definition) is 2. The molecule has 2 rings (SSSR count). The molecular weight excluding hydrogens is 292 g/mol. The summed E-state index contributed by atoms with van der Waals surface area (Å²) in [6.07, 6.45) is -0.914. The van der Waals surface area contributed by atoms with Gasteiger partial charge in [-0.15, -0.1) is 11.3 Å². The van der Waals surface area contributed by atoms with Crippen LogP contribution in [0.25, 0.3) is 0 Å². The van der Waals surface area contributed by atoms with Crippen LogP contribution in [0.4, 0.5) is 0 Å². The van der Waals surface area contributed by atoms with Crippen molar-refractivity contribution >= 4 is 40.5 Å². The van der Waals surface area contributed by atoms with Crippen molar-refractivity contribution in [2.75, 3.05) is 0 Å². The van der Waals surface area contributed by atoms with Crippen molar-refractivity contribution in [3.63, 3.8) is 0 Å². The van der Waals surface area contributed by atoms with Crippen molar-refractivity contribution in [2.45, 2.75) is 25.5 Å². The number of carboxylic acids is 1. The number of thiophene rings is 1. The Morgan fingerprint density at radius 3 is 2.89 bits per heavy atom. The fourth-order valence-electron chi connectivity index (χ4n) is 1.58. The summed E-state index contributed by atoms with van der Waals surface area (Å²) in [6, 6.07) is 3.36. The third-order valence-electron chi connectivity index (χ3n) is 2.59. The van der Waals surface area contributed by atoms with Gasteiger partial charge in [-0.05, 0) is 19.1 Å². The lowest BCUT2D eigenvalue weighted by molar-refractivity contribution is -0.131.